The van der Waals surface area contributed by atoms with Crippen molar-refractivity contribution in [2.24, 2.45) is 5.41 Å². The predicted molar refractivity (Wildman–Crippen MR) is 59.9 cm³/mol. The molecular formula is C12H22N2O. The molecule has 15 heavy (non-hydrogen) atoms. The Morgan fingerprint density at radius 1 is 1.33 bits per heavy atom. The quantitative estimate of drug-likeness (QED) is 0.744. The lowest BCUT2D eigenvalue weighted by molar-refractivity contribution is -0.0999. The molecule has 3 rings (SSSR count). The maximum Gasteiger partial charge on any atom is 0.0554 e. The van der Waals surface area contributed by atoms with Crippen LogP contribution in [0.3, 0.4) is 0 Å². The summed E-state index contributed by atoms with van der Waals surface area (Å²) in [7, 11) is 0. The summed E-state index contributed by atoms with van der Waals surface area (Å²) in [4.78, 5) is 2.66. The summed E-state index contributed by atoms with van der Waals surface area (Å²) in [5, 5.41) is 3.72. The topological polar surface area (TPSA) is 24.5 Å². The second-order valence-corrected chi connectivity index (χ2v) is 5.90. The molecule has 0 bridgehead atoms. The van der Waals surface area contributed by atoms with E-state index < -0.39 is 0 Å². The van der Waals surface area contributed by atoms with Crippen molar-refractivity contribution in [2.75, 3.05) is 32.8 Å². The lowest BCUT2D eigenvalue weighted by Crippen LogP contribution is -2.50. The van der Waals surface area contributed by atoms with Crippen LogP contribution < -0.4 is 5.32 Å². The van der Waals surface area contributed by atoms with Crippen LogP contribution in [0.25, 0.3) is 0 Å². The summed E-state index contributed by atoms with van der Waals surface area (Å²) in [5.74, 6) is 0. The van der Waals surface area contributed by atoms with E-state index in [1.807, 2.05) is 0 Å². The Bertz CT molecular complexity index is 236. The Kier molecular flexibility index (Phi) is 2.49. The molecule has 1 atom stereocenters. The molecule has 0 aromatic heterocycles. The maximum absolute atomic E-state index is 5.27. The third-order valence-corrected chi connectivity index (χ3v) is 4.00. The van der Waals surface area contributed by atoms with Crippen molar-refractivity contribution in [1.29, 1.82) is 0 Å². The van der Waals surface area contributed by atoms with E-state index in [9.17, 15) is 0 Å². The van der Waals surface area contributed by atoms with Gasteiger partial charge in [0, 0.05) is 37.1 Å². The monoisotopic (exact) mass is 210 g/mol. The van der Waals surface area contributed by atoms with Crippen molar-refractivity contribution in [3.63, 3.8) is 0 Å². The summed E-state index contributed by atoms with van der Waals surface area (Å²) in [6.45, 7) is 7.93. The maximum atomic E-state index is 5.27. The zero-order valence-electron chi connectivity index (χ0n) is 9.67. The lowest BCUT2D eigenvalue weighted by atomic mass is 9.88. The zero-order valence-corrected chi connectivity index (χ0v) is 9.67. The molecule has 3 aliphatic rings. The average Bonchev–Trinajstić information content (AvgIpc) is 2.93. The normalized spacial score (nSPS) is 35.4. The lowest BCUT2D eigenvalue weighted by Gasteiger charge is -2.39. The van der Waals surface area contributed by atoms with Gasteiger partial charge in [0.1, 0.15) is 0 Å². The van der Waals surface area contributed by atoms with E-state index in [1.165, 1.54) is 32.4 Å². The van der Waals surface area contributed by atoms with Crippen molar-refractivity contribution in [2.45, 2.75) is 38.3 Å². The van der Waals surface area contributed by atoms with Gasteiger partial charge in [-0.1, -0.05) is 6.92 Å². The zero-order chi connectivity index (χ0) is 10.3. The minimum Gasteiger partial charge on any atom is -0.380 e. The van der Waals surface area contributed by atoms with E-state index in [2.05, 4.69) is 17.1 Å². The van der Waals surface area contributed by atoms with Gasteiger partial charge in [0.15, 0.2) is 0 Å². The smallest absolute Gasteiger partial charge is 0.0554 e. The summed E-state index contributed by atoms with van der Waals surface area (Å²) >= 11 is 0. The molecule has 1 unspecified atom stereocenters. The number of nitrogens with one attached hydrogen (secondary N) is 1. The molecule has 3 nitrogen and oxygen atoms in total. The van der Waals surface area contributed by atoms with Gasteiger partial charge in [-0.15, -0.1) is 0 Å². The van der Waals surface area contributed by atoms with Gasteiger partial charge >= 0.3 is 0 Å². The fourth-order valence-corrected chi connectivity index (χ4v) is 2.67. The Balaban J connectivity index is 1.40. The van der Waals surface area contributed by atoms with Gasteiger partial charge in [0.05, 0.1) is 13.2 Å². The molecule has 0 spiro atoms. The molecule has 2 heterocycles. The molecule has 1 saturated carbocycles. The van der Waals surface area contributed by atoms with Crippen molar-refractivity contribution in [3.05, 3.63) is 0 Å². The van der Waals surface area contributed by atoms with E-state index in [4.69, 9.17) is 4.74 Å². The highest BCUT2D eigenvalue weighted by Gasteiger charge is 2.37. The van der Waals surface area contributed by atoms with Gasteiger partial charge in [-0.2, -0.15) is 0 Å². The third kappa shape index (κ3) is 2.19. The second kappa shape index (κ2) is 3.72. The Hall–Kier alpha value is -0.120. The molecule has 1 N–H and O–H groups in total. The SMILES string of the molecule is CC1(CNC2CCN(C3CC3)C2)COC1. The van der Waals surface area contributed by atoms with Crippen LogP contribution in [0.4, 0.5) is 0 Å². The van der Waals surface area contributed by atoms with Crippen LogP contribution in [0, 0.1) is 5.41 Å². The first-order valence-electron chi connectivity index (χ1n) is 6.30. The van der Waals surface area contributed by atoms with Gasteiger partial charge in [-0.3, -0.25) is 4.90 Å². The van der Waals surface area contributed by atoms with Crippen molar-refractivity contribution in [1.82, 2.24) is 10.2 Å². The summed E-state index contributed by atoms with van der Waals surface area (Å²) in [6.07, 6.45) is 4.23. The van der Waals surface area contributed by atoms with Crippen LogP contribution in [-0.2, 0) is 4.74 Å². The molecule has 86 valence electrons. The summed E-state index contributed by atoms with van der Waals surface area (Å²) in [5.41, 5.74) is 0.424. The molecule has 2 aliphatic heterocycles. The first kappa shape index (κ1) is 10.1. The molecule has 0 amide bonds. The molecule has 0 aromatic carbocycles. The highest BCUT2D eigenvalue weighted by atomic mass is 16.5. The molecule has 3 fully saturated rings. The molecule has 3 heteroatoms. The van der Waals surface area contributed by atoms with Crippen LogP contribution in [0.5, 0.6) is 0 Å². The number of hydrogen-bond donors (Lipinski definition) is 1. The third-order valence-electron chi connectivity index (χ3n) is 4.00. The molecular weight excluding hydrogens is 188 g/mol. The van der Waals surface area contributed by atoms with Crippen LogP contribution in [0.1, 0.15) is 26.2 Å². The van der Waals surface area contributed by atoms with Crippen LogP contribution in [0.15, 0.2) is 0 Å². The van der Waals surface area contributed by atoms with Crippen LogP contribution >= 0.6 is 0 Å². The number of rotatable bonds is 4. The summed E-state index contributed by atoms with van der Waals surface area (Å²) < 4.78 is 5.27. The van der Waals surface area contributed by atoms with E-state index in [0.29, 0.717) is 5.41 Å². The van der Waals surface area contributed by atoms with Crippen molar-refractivity contribution < 1.29 is 4.74 Å². The number of ether oxygens (including phenoxy) is 1. The number of hydrogen-bond acceptors (Lipinski definition) is 3. The fraction of sp³-hybridized carbons (Fsp3) is 1.00. The van der Waals surface area contributed by atoms with Gasteiger partial charge < -0.3 is 10.1 Å². The van der Waals surface area contributed by atoms with E-state index in [0.717, 1.165) is 31.8 Å². The molecule has 0 radical (unpaired) electrons. The average molecular weight is 210 g/mol. The summed E-state index contributed by atoms with van der Waals surface area (Å²) in [6, 6.07) is 1.68. The number of likely N-dealkylation sites (tertiary alicyclic amines) is 1. The van der Waals surface area contributed by atoms with Gasteiger partial charge in [0.2, 0.25) is 0 Å². The first-order valence-corrected chi connectivity index (χ1v) is 6.30. The minimum atomic E-state index is 0.424. The standard InChI is InChI=1S/C12H22N2O/c1-12(8-15-9-12)7-13-10-4-5-14(6-10)11-2-3-11/h10-11,13H,2-9H2,1H3. The van der Waals surface area contributed by atoms with E-state index in [-0.39, 0.29) is 0 Å². The largest absolute Gasteiger partial charge is 0.380 e. The Morgan fingerprint density at radius 3 is 2.73 bits per heavy atom. The highest BCUT2D eigenvalue weighted by molar-refractivity contribution is 4.93. The Morgan fingerprint density at radius 2 is 2.13 bits per heavy atom. The fourth-order valence-electron chi connectivity index (χ4n) is 2.67. The van der Waals surface area contributed by atoms with Crippen molar-refractivity contribution >= 4 is 0 Å². The van der Waals surface area contributed by atoms with E-state index >= 15 is 0 Å². The predicted octanol–water partition coefficient (Wildman–Crippen LogP) is 0.849. The Labute approximate surface area is 92.2 Å². The van der Waals surface area contributed by atoms with Crippen LogP contribution in [0.2, 0.25) is 0 Å². The van der Waals surface area contributed by atoms with Gasteiger partial charge in [-0.25, -0.2) is 0 Å². The molecule has 2 saturated heterocycles. The highest BCUT2D eigenvalue weighted by Crippen LogP contribution is 2.30. The van der Waals surface area contributed by atoms with Gasteiger partial charge in [-0.05, 0) is 19.3 Å². The van der Waals surface area contributed by atoms with Crippen LogP contribution in [-0.4, -0.2) is 49.8 Å². The number of nitrogens with zero attached hydrogens (tertiary/aromatic N) is 1. The van der Waals surface area contributed by atoms with E-state index in [1.54, 1.807) is 0 Å². The first-order chi connectivity index (χ1) is 7.25. The van der Waals surface area contributed by atoms with Gasteiger partial charge in [0.25, 0.3) is 0 Å². The van der Waals surface area contributed by atoms with Crippen molar-refractivity contribution in [3.8, 4) is 0 Å². The minimum absolute atomic E-state index is 0.424. The molecule has 1 aliphatic carbocycles. The molecule has 0 aromatic rings. The second-order valence-electron chi connectivity index (χ2n) is 5.90.